The first-order chi connectivity index (χ1) is 16.9. The molecule has 182 valence electrons. The predicted octanol–water partition coefficient (Wildman–Crippen LogP) is 3.40. The lowest BCUT2D eigenvalue weighted by Crippen LogP contribution is -2.27. The second-order valence-corrected chi connectivity index (χ2v) is 8.50. The van der Waals surface area contributed by atoms with Gasteiger partial charge >= 0.3 is 0 Å². The molecule has 1 N–H and O–H groups in total. The van der Waals surface area contributed by atoms with Gasteiger partial charge in [-0.05, 0) is 46.0 Å². The van der Waals surface area contributed by atoms with Crippen LogP contribution in [0.3, 0.4) is 0 Å². The van der Waals surface area contributed by atoms with Crippen LogP contribution in [0.25, 0.3) is 22.3 Å². The predicted molar refractivity (Wildman–Crippen MR) is 135 cm³/mol. The fourth-order valence-electron chi connectivity index (χ4n) is 3.92. The number of carbonyl (C=O) groups is 1. The molecule has 0 fully saturated rings. The molecule has 0 saturated carbocycles. The van der Waals surface area contributed by atoms with E-state index in [4.69, 9.17) is 9.72 Å². The van der Waals surface area contributed by atoms with Crippen molar-refractivity contribution in [3.63, 3.8) is 0 Å². The van der Waals surface area contributed by atoms with Gasteiger partial charge in [-0.1, -0.05) is 11.6 Å². The van der Waals surface area contributed by atoms with Crippen molar-refractivity contribution in [3.05, 3.63) is 65.2 Å². The van der Waals surface area contributed by atoms with Gasteiger partial charge < -0.3 is 15.0 Å². The summed E-state index contributed by atoms with van der Waals surface area (Å²) in [4.78, 5) is 29.0. The first-order valence-electron chi connectivity index (χ1n) is 11.7. The molecule has 4 aromatic rings. The smallest absolute Gasteiger partial charge is 0.254 e. The van der Waals surface area contributed by atoms with Crippen LogP contribution in [0.15, 0.2) is 42.9 Å². The van der Waals surface area contributed by atoms with Crippen molar-refractivity contribution in [2.45, 2.75) is 33.9 Å². The highest BCUT2D eigenvalue weighted by molar-refractivity contribution is 6.07. The van der Waals surface area contributed by atoms with E-state index in [0.29, 0.717) is 42.5 Å². The lowest BCUT2D eigenvalue weighted by atomic mass is 10.0. The number of carbonyl (C=O) groups excluding carboxylic acids is 1. The zero-order valence-electron chi connectivity index (χ0n) is 20.9. The highest BCUT2D eigenvalue weighted by Gasteiger charge is 2.20. The summed E-state index contributed by atoms with van der Waals surface area (Å²) in [5.74, 6) is 0.354. The Hall–Kier alpha value is -3.85. The molecule has 1 aromatic carbocycles. The van der Waals surface area contributed by atoms with E-state index >= 15 is 0 Å². The van der Waals surface area contributed by atoms with Crippen LogP contribution in [0.2, 0.25) is 0 Å². The number of hydrogen-bond acceptors (Lipinski definition) is 7. The lowest BCUT2D eigenvalue weighted by Gasteiger charge is -2.19. The number of ether oxygens (including phenoxy) is 1. The summed E-state index contributed by atoms with van der Waals surface area (Å²) >= 11 is 0. The van der Waals surface area contributed by atoms with E-state index in [0.717, 1.165) is 34.3 Å². The molecule has 1 amide bonds. The molecule has 9 nitrogen and oxygen atoms in total. The summed E-state index contributed by atoms with van der Waals surface area (Å²) in [7, 11) is 3.67. The van der Waals surface area contributed by atoms with Gasteiger partial charge in [-0.2, -0.15) is 5.10 Å². The van der Waals surface area contributed by atoms with Crippen LogP contribution in [-0.4, -0.2) is 62.8 Å². The van der Waals surface area contributed by atoms with Crippen molar-refractivity contribution in [1.82, 2.24) is 34.9 Å². The van der Waals surface area contributed by atoms with Gasteiger partial charge in [0, 0.05) is 43.3 Å². The van der Waals surface area contributed by atoms with Crippen molar-refractivity contribution in [3.8, 4) is 17.3 Å². The quantitative estimate of drug-likeness (QED) is 0.372. The Morgan fingerprint density at radius 2 is 1.94 bits per heavy atom. The highest BCUT2D eigenvalue weighted by atomic mass is 16.5. The fourth-order valence-corrected chi connectivity index (χ4v) is 3.92. The van der Waals surface area contributed by atoms with Gasteiger partial charge in [-0.15, -0.1) is 0 Å². The molecule has 0 saturated heterocycles. The summed E-state index contributed by atoms with van der Waals surface area (Å²) in [6.07, 6.45) is 5.03. The summed E-state index contributed by atoms with van der Waals surface area (Å²) in [5, 5.41) is 8.24. The van der Waals surface area contributed by atoms with E-state index in [1.54, 1.807) is 23.4 Å². The molecule has 0 spiro atoms. The maximum atomic E-state index is 13.7. The molecule has 0 aliphatic carbocycles. The molecule has 0 bridgehead atoms. The number of hydrogen-bond donors (Lipinski definition) is 1. The normalized spacial score (nSPS) is 11.1. The second-order valence-electron chi connectivity index (χ2n) is 8.50. The Morgan fingerprint density at radius 3 is 2.63 bits per heavy atom. The number of nitrogens with zero attached hydrogens (tertiary/aromatic N) is 6. The maximum Gasteiger partial charge on any atom is 0.254 e. The van der Waals surface area contributed by atoms with E-state index in [-0.39, 0.29) is 5.91 Å². The Morgan fingerprint density at radius 1 is 1.11 bits per heavy atom. The Bertz CT molecular complexity index is 1330. The monoisotopic (exact) mass is 473 g/mol. The molecule has 4 rings (SSSR count). The first-order valence-corrected chi connectivity index (χ1v) is 11.7. The zero-order valence-corrected chi connectivity index (χ0v) is 20.9. The minimum atomic E-state index is -0.0899. The molecule has 0 unspecified atom stereocenters. The molecule has 3 aromatic heterocycles. The summed E-state index contributed by atoms with van der Waals surface area (Å²) in [6.45, 7) is 8.56. The van der Waals surface area contributed by atoms with E-state index in [9.17, 15) is 4.79 Å². The number of likely N-dealkylation sites (N-methyl/N-ethyl adjacent to an activating group) is 1. The van der Waals surface area contributed by atoms with Gasteiger partial charge in [-0.25, -0.2) is 15.0 Å². The van der Waals surface area contributed by atoms with E-state index in [2.05, 4.69) is 27.3 Å². The Balaban J connectivity index is 1.67. The standard InChI is InChI=1S/C26H31N7O2/c1-6-33-18(3)19(13-30-33)16-32(5)26(34)21-12-23(31-22-8-7-17(2)11-20(21)22)24-14-29-25(15-28-24)35-10-9-27-4/h7-8,11-15,27H,6,9-10,16H2,1-5H3. The van der Waals surface area contributed by atoms with Crippen LogP contribution in [0, 0.1) is 13.8 Å². The van der Waals surface area contributed by atoms with Crippen molar-refractivity contribution in [1.29, 1.82) is 0 Å². The number of nitrogens with one attached hydrogen (secondary N) is 1. The molecule has 0 aliphatic heterocycles. The third-order valence-corrected chi connectivity index (χ3v) is 5.95. The summed E-state index contributed by atoms with van der Waals surface area (Å²) in [5.41, 5.74) is 5.62. The average Bonchev–Trinajstić information content (AvgIpc) is 3.22. The summed E-state index contributed by atoms with van der Waals surface area (Å²) < 4.78 is 7.50. The van der Waals surface area contributed by atoms with Crippen LogP contribution in [0.4, 0.5) is 0 Å². The fraction of sp³-hybridized carbons (Fsp3) is 0.346. The highest BCUT2D eigenvalue weighted by Crippen LogP contribution is 2.26. The molecule has 0 atom stereocenters. The molecule has 9 heteroatoms. The van der Waals surface area contributed by atoms with Gasteiger partial charge in [0.1, 0.15) is 12.3 Å². The molecule has 35 heavy (non-hydrogen) atoms. The van der Waals surface area contributed by atoms with Crippen LogP contribution in [-0.2, 0) is 13.1 Å². The zero-order chi connectivity index (χ0) is 24.9. The maximum absolute atomic E-state index is 13.7. The van der Waals surface area contributed by atoms with E-state index in [1.807, 2.05) is 57.0 Å². The van der Waals surface area contributed by atoms with Gasteiger partial charge in [0.2, 0.25) is 5.88 Å². The van der Waals surface area contributed by atoms with Gasteiger partial charge in [0.05, 0.1) is 35.4 Å². The summed E-state index contributed by atoms with van der Waals surface area (Å²) in [6, 6.07) is 7.72. The molecule has 0 radical (unpaired) electrons. The number of aromatic nitrogens is 5. The van der Waals surface area contributed by atoms with Crippen LogP contribution < -0.4 is 10.1 Å². The van der Waals surface area contributed by atoms with Gasteiger partial charge in [0.25, 0.3) is 5.91 Å². The van der Waals surface area contributed by atoms with Crippen LogP contribution in [0.5, 0.6) is 5.88 Å². The Labute approximate surface area is 205 Å². The first kappa shape index (κ1) is 24.3. The third-order valence-electron chi connectivity index (χ3n) is 5.95. The minimum Gasteiger partial charge on any atom is -0.475 e. The average molecular weight is 474 g/mol. The molecule has 0 aliphatic rings. The number of benzene rings is 1. The number of aryl methyl sites for hydroxylation is 2. The van der Waals surface area contributed by atoms with Crippen molar-refractivity contribution >= 4 is 16.8 Å². The largest absolute Gasteiger partial charge is 0.475 e. The molecule has 3 heterocycles. The topological polar surface area (TPSA) is 98.1 Å². The number of amides is 1. The second kappa shape index (κ2) is 10.6. The molecular weight excluding hydrogens is 442 g/mol. The number of pyridine rings is 1. The van der Waals surface area contributed by atoms with E-state index in [1.165, 1.54) is 0 Å². The van der Waals surface area contributed by atoms with Crippen LogP contribution in [0.1, 0.15) is 34.1 Å². The number of fused-ring (bicyclic) bond motifs is 1. The number of rotatable bonds is 9. The SMILES string of the molecule is CCn1ncc(CN(C)C(=O)c2cc(-c3cnc(OCCNC)cn3)nc3ccc(C)cc23)c1C. The van der Waals surface area contributed by atoms with Gasteiger partial charge in [-0.3, -0.25) is 9.48 Å². The Kier molecular flexibility index (Phi) is 7.36. The van der Waals surface area contributed by atoms with Crippen molar-refractivity contribution in [2.75, 3.05) is 27.2 Å². The molecular formula is C26H31N7O2. The van der Waals surface area contributed by atoms with Crippen LogP contribution >= 0.6 is 0 Å². The minimum absolute atomic E-state index is 0.0899. The van der Waals surface area contributed by atoms with Crippen molar-refractivity contribution < 1.29 is 9.53 Å². The van der Waals surface area contributed by atoms with Crippen molar-refractivity contribution in [2.24, 2.45) is 0 Å². The van der Waals surface area contributed by atoms with E-state index < -0.39 is 0 Å². The third kappa shape index (κ3) is 5.30. The van der Waals surface area contributed by atoms with Gasteiger partial charge in [0.15, 0.2) is 0 Å². The lowest BCUT2D eigenvalue weighted by molar-refractivity contribution is 0.0787.